The molecule has 5 heteroatoms. The Morgan fingerprint density at radius 1 is 1.06 bits per heavy atom. The van der Waals surface area contributed by atoms with E-state index in [9.17, 15) is 5.11 Å². The van der Waals surface area contributed by atoms with Gasteiger partial charge in [0, 0.05) is 50.2 Å². The van der Waals surface area contributed by atoms with Crippen molar-refractivity contribution in [2.45, 2.75) is 71.0 Å². The quantitative estimate of drug-likeness (QED) is 0.582. The summed E-state index contributed by atoms with van der Waals surface area (Å²) in [6.45, 7) is 7.56. The van der Waals surface area contributed by atoms with Gasteiger partial charge in [-0.3, -0.25) is 9.88 Å². The van der Waals surface area contributed by atoms with Crippen LogP contribution in [0.2, 0.25) is 0 Å². The highest BCUT2D eigenvalue weighted by atomic mass is 16.5. The molecule has 2 aromatic rings. The van der Waals surface area contributed by atoms with Gasteiger partial charge in [0.05, 0.1) is 6.61 Å². The van der Waals surface area contributed by atoms with E-state index in [2.05, 4.69) is 20.9 Å². The Hall–Kier alpha value is -2.11. The van der Waals surface area contributed by atoms with Gasteiger partial charge < -0.3 is 14.7 Å². The fourth-order valence-corrected chi connectivity index (χ4v) is 5.53. The van der Waals surface area contributed by atoms with Gasteiger partial charge in [0.2, 0.25) is 0 Å². The number of hydrogen-bond acceptors (Lipinski definition) is 5. The summed E-state index contributed by atoms with van der Waals surface area (Å²) in [5.74, 6) is 1.52. The number of benzene rings is 1. The van der Waals surface area contributed by atoms with Crippen molar-refractivity contribution in [2.24, 2.45) is 5.92 Å². The van der Waals surface area contributed by atoms with Crippen LogP contribution in [-0.2, 0) is 13.1 Å². The van der Waals surface area contributed by atoms with Gasteiger partial charge in [-0.05, 0) is 62.8 Å². The minimum Gasteiger partial charge on any atom is -0.504 e. The van der Waals surface area contributed by atoms with Gasteiger partial charge in [-0.25, -0.2) is 0 Å². The van der Waals surface area contributed by atoms with Crippen molar-refractivity contribution in [2.75, 3.05) is 26.2 Å². The molecular formula is C27H39N3O2. The Bertz CT molecular complexity index is 823. The molecule has 0 spiro atoms. The SMILES string of the molecule is CCOc1cccc(CN(Cc2cccnc2)CC2CCCN(C3CCCCC3)C2)c1O. The first kappa shape index (κ1) is 23.1. The number of likely N-dealkylation sites (tertiary alicyclic amines) is 1. The number of nitrogens with zero attached hydrogens (tertiary/aromatic N) is 3. The smallest absolute Gasteiger partial charge is 0.162 e. The second-order valence-electron chi connectivity index (χ2n) is 9.52. The van der Waals surface area contributed by atoms with E-state index in [4.69, 9.17) is 4.74 Å². The zero-order valence-electron chi connectivity index (χ0n) is 19.6. The Morgan fingerprint density at radius 2 is 1.94 bits per heavy atom. The number of piperidine rings is 1. The highest BCUT2D eigenvalue weighted by Crippen LogP contribution is 2.32. The number of aromatic hydroxyl groups is 1. The van der Waals surface area contributed by atoms with E-state index in [1.165, 1.54) is 63.6 Å². The molecule has 1 saturated carbocycles. The third-order valence-electron chi connectivity index (χ3n) is 7.06. The number of pyridine rings is 1. The number of phenols is 1. The van der Waals surface area contributed by atoms with Crippen LogP contribution in [0, 0.1) is 5.92 Å². The molecule has 1 atom stereocenters. The van der Waals surface area contributed by atoms with Crippen LogP contribution in [0.4, 0.5) is 0 Å². The molecule has 1 aliphatic carbocycles. The predicted octanol–water partition coefficient (Wildman–Crippen LogP) is 5.23. The van der Waals surface area contributed by atoms with Crippen LogP contribution >= 0.6 is 0 Å². The Morgan fingerprint density at radius 3 is 2.72 bits per heavy atom. The Labute approximate surface area is 193 Å². The van der Waals surface area contributed by atoms with Crippen LogP contribution in [0.1, 0.15) is 63.0 Å². The average molecular weight is 438 g/mol. The molecule has 1 saturated heterocycles. The van der Waals surface area contributed by atoms with E-state index in [0.717, 1.165) is 24.7 Å². The third kappa shape index (κ3) is 6.23. The fourth-order valence-electron chi connectivity index (χ4n) is 5.53. The molecule has 0 bridgehead atoms. The van der Waals surface area contributed by atoms with Gasteiger partial charge >= 0.3 is 0 Å². The third-order valence-corrected chi connectivity index (χ3v) is 7.06. The van der Waals surface area contributed by atoms with Crippen molar-refractivity contribution in [3.63, 3.8) is 0 Å². The summed E-state index contributed by atoms with van der Waals surface area (Å²) in [4.78, 5) is 9.58. The van der Waals surface area contributed by atoms with Gasteiger partial charge in [-0.2, -0.15) is 0 Å². The predicted molar refractivity (Wildman–Crippen MR) is 129 cm³/mol. The van der Waals surface area contributed by atoms with Crippen LogP contribution in [0.3, 0.4) is 0 Å². The summed E-state index contributed by atoms with van der Waals surface area (Å²) in [6.07, 6.45) is 13.3. The van der Waals surface area contributed by atoms with E-state index in [0.29, 0.717) is 24.8 Å². The standard InChI is InChI=1S/C27H39N3O2/c1-2-32-26-14-6-11-24(27(26)31)21-29(18-22-9-7-15-28-17-22)19-23-10-8-16-30(20-23)25-12-4-3-5-13-25/h6-7,9,11,14-15,17,23,25,31H,2-5,8,10,12-13,16,18-21H2,1H3. The van der Waals surface area contributed by atoms with Gasteiger partial charge in [-0.15, -0.1) is 0 Å². The molecule has 1 aromatic heterocycles. The first-order valence-corrected chi connectivity index (χ1v) is 12.5. The summed E-state index contributed by atoms with van der Waals surface area (Å²) in [5, 5.41) is 10.8. The van der Waals surface area contributed by atoms with Gasteiger partial charge in [0.1, 0.15) is 0 Å². The van der Waals surface area contributed by atoms with Crippen LogP contribution in [-0.4, -0.2) is 52.2 Å². The minimum absolute atomic E-state index is 0.276. The molecule has 32 heavy (non-hydrogen) atoms. The second kappa shape index (κ2) is 11.7. The lowest BCUT2D eigenvalue weighted by Gasteiger charge is -2.41. The molecule has 4 rings (SSSR count). The van der Waals surface area contributed by atoms with Crippen LogP contribution < -0.4 is 4.74 Å². The van der Waals surface area contributed by atoms with Gasteiger partial charge in [0.15, 0.2) is 11.5 Å². The largest absolute Gasteiger partial charge is 0.504 e. The normalized spacial score (nSPS) is 20.5. The first-order valence-electron chi connectivity index (χ1n) is 12.5. The van der Waals surface area contributed by atoms with Gasteiger partial charge in [-0.1, -0.05) is 37.5 Å². The summed E-state index contributed by atoms with van der Waals surface area (Å²) in [7, 11) is 0. The zero-order chi connectivity index (χ0) is 22.2. The highest BCUT2D eigenvalue weighted by Gasteiger charge is 2.28. The number of phenolic OH excluding ortho intramolecular Hbond substituents is 1. The first-order chi connectivity index (χ1) is 15.7. The molecule has 5 nitrogen and oxygen atoms in total. The number of hydrogen-bond donors (Lipinski definition) is 1. The monoisotopic (exact) mass is 437 g/mol. The summed E-state index contributed by atoms with van der Waals surface area (Å²) in [6, 6.07) is 10.8. The number of ether oxygens (including phenoxy) is 1. The number of aromatic nitrogens is 1. The minimum atomic E-state index is 0.276. The molecule has 1 unspecified atom stereocenters. The molecular weight excluding hydrogens is 398 g/mol. The lowest BCUT2D eigenvalue weighted by molar-refractivity contribution is 0.0769. The summed E-state index contributed by atoms with van der Waals surface area (Å²) >= 11 is 0. The zero-order valence-corrected chi connectivity index (χ0v) is 19.6. The maximum atomic E-state index is 10.8. The molecule has 2 heterocycles. The van der Waals surface area contributed by atoms with Crippen molar-refractivity contribution in [3.8, 4) is 11.5 Å². The van der Waals surface area contributed by atoms with E-state index in [1.807, 2.05) is 43.6 Å². The van der Waals surface area contributed by atoms with Crippen LogP contribution in [0.15, 0.2) is 42.7 Å². The summed E-state index contributed by atoms with van der Waals surface area (Å²) in [5.41, 5.74) is 2.15. The van der Waals surface area contributed by atoms with E-state index in [-0.39, 0.29) is 5.75 Å². The Balaban J connectivity index is 1.46. The highest BCUT2D eigenvalue weighted by molar-refractivity contribution is 5.45. The van der Waals surface area contributed by atoms with E-state index in [1.54, 1.807) is 0 Å². The number of para-hydroxylation sites is 1. The number of rotatable bonds is 9. The van der Waals surface area contributed by atoms with Crippen molar-refractivity contribution >= 4 is 0 Å². The van der Waals surface area contributed by atoms with Crippen LogP contribution in [0.5, 0.6) is 11.5 Å². The van der Waals surface area contributed by atoms with E-state index >= 15 is 0 Å². The van der Waals surface area contributed by atoms with Crippen molar-refractivity contribution < 1.29 is 9.84 Å². The molecule has 2 fully saturated rings. The molecule has 174 valence electrons. The van der Waals surface area contributed by atoms with Crippen molar-refractivity contribution in [3.05, 3.63) is 53.9 Å². The molecule has 0 amide bonds. The fraction of sp³-hybridized carbons (Fsp3) is 0.593. The van der Waals surface area contributed by atoms with E-state index < -0.39 is 0 Å². The molecule has 1 aromatic carbocycles. The van der Waals surface area contributed by atoms with Crippen molar-refractivity contribution in [1.29, 1.82) is 0 Å². The lowest BCUT2D eigenvalue weighted by Crippen LogP contribution is -2.46. The lowest BCUT2D eigenvalue weighted by atomic mass is 9.90. The van der Waals surface area contributed by atoms with Crippen molar-refractivity contribution in [1.82, 2.24) is 14.8 Å². The maximum absolute atomic E-state index is 10.8. The molecule has 0 radical (unpaired) electrons. The molecule has 1 aliphatic heterocycles. The maximum Gasteiger partial charge on any atom is 0.162 e. The second-order valence-corrected chi connectivity index (χ2v) is 9.52. The summed E-state index contributed by atoms with van der Waals surface area (Å²) < 4.78 is 5.62. The Kier molecular flexibility index (Phi) is 8.41. The molecule has 1 N–H and O–H groups in total. The van der Waals surface area contributed by atoms with Crippen LogP contribution in [0.25, 0.3) is 0 Å². The average Bonchev–Trinajstić information content (AvgIpc) is 2.83. The molecule has 2 aliphatic rings. The topological polar surface area (TPSA) is 48.8 Å². The van der Waals surface area contributed by atoms with Gasteiger partial charge in [0.25, 0.3) is 0 Å².